The van der Waals surface area contributed by atoms with Gasteiger partial charge in [0.15, 0.2) is 17.4 Å². The molecule has 1 aromatic heterocycles. The van der Waals surface area contributed by atoms with Gasteiger partial charge in [0.25, 0.3) is 11.8 Å². The molecule has 0 aromatic carbocycles. The monoisotopic (exact) mass is 296 g/mol. The lowest BCUT2D eigenvalue weighted by Crippen LogP contribution is -2.32. The molecule has 0 bridgehead atoms. The Morgan fingerprint density at radius 1 is 1.20 bits per heavy atom. The first-order valence-electron chi connectivity index (χ1n) is 6.16. The van der Waals surface area contributed by atoms with Crippen molar-refractivity contribution in [2.45, 2.75) is 25.7 Å². The molecule has 2 heterocycles. The first-order chi connectivity index (χ1) is 9.52. The molecule has 1 aliphatic heterocycles. The van der Waals surface area contributed by atoms with Crippen molar-refractivity contribution in [1.29, 1.82) is 0 Å². The summed E-state index contributed by atoms with van der Waals surface area (Å²) in [6.07, 6.45) is 3.67. The zero-order chi connectivity index (χ0) is 14.4. The number of anilines is 1. The lowest BCUT2D eigenvalue weighted by molar-refractivity contribution is -0.120. The Kier molecular flexibility index (Phi) is 2.97. The highest BCUT2D eigenvalue weighted by Crippen LogP contribution is 2.39. The zero-order valence-electron chi connectivity index (χ0n) is 10.3. The van der Waals surface area contributed by atoms with Gasteiger partial charge in [-0.3, -0.25) is 9.59 Å². The van der Waals surface area contributed by atoms with Gasteiger partial charge in [-0.15, -0.1) is 0 Å². The number of halogens is 2. The van der Waals surface area contributed by atoms with E-state index in [0.717, 1.165) is 23.9 Å². The Morgan fingerprint density at radius 2 is 1.75 bits per heavy atom. The van der Waals surface area contributed by atoms with Crippen molar-refractivity contribution in [2.24, 2.45) is 0 Å². The van der Waals surface area contributed by atoms with Gasteiger partial charge in [-0.1, -0.05) is 11.6 Å². The van der Waals surface area contributed by atoms with Gasteiger partial charge in [0, 0.05) is 11.1 Å². The number of pyridine rings is 1. The molecule has 0 fully saturated rings. The Hall–Kier alpha value is -1.95. The number of carbonyl (C=O) groups excluding carboxylic acids is 2. The van der Waals surface area contributed by atoms with Crippen molar-refractivity contribution in [3.8, 4) is 5.75 Å². The van der Waals surface area contributed by atoms with Crippen LogP contribution in [0.15, 0.2) is 17.3 Å². The predicted octanol–water partition coefficient (Wildman–Crippen LogP) is 2.32. The van der Waals surface area contributed by atoms with Gasteiger partial charge >= 0.3 is 0 Å². The van der Waals surface area contributed by atoms with Crippen LogP contribution >= 0.6 is 11.6 Å². The van der Waals surface area contributed by atoms with Gasteiger partial charge in [-0.05, 0) is 25.7 Å². The standard InChI is InChI=1S/C13H10ClFN2O3/c14-8-5-16-11(10(18)9(8)15)17-12(19)6-3-1-2-4-7(6)13(17)20/h5,18H,1-4H2. The molecule has 1 aromatic rings. The number of hydrogen-bond donors (Lipinski definition) is 1. The summed E-state index contributed by atoms with van der Waals surface area (Å²) in [5, 5.41) is 9.35. The maximum atomic E-state index is 13.6. The highest BCUT2D eigenvalue weighted by atomic mass is 35.5. The molecule has 7 heteroatoms. The van der Waals surface area contributed by atoms with Crippen LogP contribution in [0.3, 0.4) is 0 Å². The predicted molar refractivity (Wildman–Crippen MR) is 68.9 cm³/mol. The highest BCUT2D eigenvalue weighted by molar-refractivity contribution is 6.33. The van der Waals surface area contributed by atoms with E-state index in [1.54, 1.807) is 0 Å². The third kappa shape index (κ3) is 1.71. The van der Waals surface area contributed by atoms with E-state index in [4.69, 9.17) is 11.6 Å². The van der Waals surface area contributed by atoms with Crippen molar-refractivity contribution in [2.75, 3.05) is 4.90 Å². The summed E-state index contributed by atoms with van der Waals surface area (Å²) in [5.74, 6) is -3.46. The van der Waals surface area contributed by atoms with Crippen LogP contribution in [0, 0.1) is 5.82 Å². The molecule has 0 saturated carbocycles. The van der Waals surface area contributed by atoms with Crippen LogP contribution < -0.4 is 4.90 Å². The number of amides is 2. The van der Waals surface area contributed by atoms with Gasteiger partial charge in [-0.25, -0.2) is 14.3 Å². The summed E-state index contributed by atoms with van der Waals surface area (Å²) >= 11 is 5.49. The van der Waals surface area contributed by atoms with Gasteiger partial charge < -0.3 is 5.11 Å². The topological polar surface area (TPSA) is 70.5 Å². The van der Waals surface area contributed by atoms with E-state index in [0.29, 0.717) is 24.0 Å². The molecule has 0 spiro atoms. The van der Waals surface area contributed by atoms with Crippen LogP contribution in [0.1, 0.15) is 25.7 Å². The summed E-state index contributed by atoms with van der Waals surface area (Å²) < 4.78 is 13.6. The molecule has 3 rings (SSSR count). The molecule has 0 saturated heterocycles. The van der Waals surface area contributed by atoms with Crippen molar-refractivity contribution < 1.29 is 19.1 Å². The SMILES string of the molecule is O=C1C2=C(CCCC2)C(=O)N1c1ncc(Cl)c(F)c1O. The van der Waals surface area contributed by atoms with Gasteiger partial charge in [0.05, 0.1) is 11.2 Å². The highest BCUT2D eigenvalue weighted by Gasteiger charge is 2.42. The van der Waals surface area contributed by atoms with E-state index in [2.05, 4.69) is 4.98 Å². The Bertz CT molecular complexity index is 644. The number of aromatic nitrogens is 1. The van der Waals surface area contributed by atoms with Gasteiger partial charge in [0.2, 0.25) is 0 Å². The normalized spacial score (nSPS) is 18.8. The minimum Gasteiger partial charge on any atom is -0.502 e. The number of rotatable bonds is 1. The van der Waals surface area contributed by atoms with Crippen LogP contribution in [0.5, 0.6) is 5.75 Å². The molecule has 0 radical (unpaired) electrons. The number of nitrogens with zero attached hydrogens (tertiary/aromatic N) is 2. The Labute approximate surface area is 118 Å². The second-order valence-corrected chi connectivity index (χ2v) is 5.11. The fraction of sp³-hybridized carbons (Fsp3) is 0.308. The number of aromatic hydroxyl groups is 1. The van der Waals surface area contributed by atoms with Crippen molar-refractivity contribution in [3.63, 3.8) is 0 Å². The second-order valence-electron chi connectivity index (χ2n) is 4.70. The maximum absolute atomic E-state index is 13.6. The summed E-state index contributed by atoms with van der Waals surface area (Å²) in [6.45, 7) is 0. The lowest BCUT2D eigenvalue weighted by Gasteiger charge is -2.15. The summed E-state index contributed by atoms with van der Waals surface area (Å²) in [7, 11) is 0. The average Bonchev–Trinajstić information content (AvgIpc) is 2.70. The van der Waals surface area contributed by atoms with E-state index in [1.165, 1.54) is 0 Å². The molecule has 20 heavy (non-hydrogen) atoms. The third-order valence-corrected chi connectivity index (χ3v) is 3.80. The van der Waals surface area contributed by atoms with Crippen LogP contribution in [-0.2, 0) is 9.59 Å². The fourth-order valence-electron chi connectivity index (χ4n) is 2.54. The zero-order valence-corrected chi connectivity index (χ0v) is 11.1. The second kappa shape index (κ2) is 4.56. The van der Waals surface area contributed by atoms with E-state index in [9.17, 15) is 19.1 Å². The first-order valence-corrected chi connectivity index (χ1v) is 6.54. The summed E-state index contributed by atoms with van der Waals surface area (Å²) in [4.78, 5) is 28.9. The summed E-state index contributed by atoms with van der Waals surface area (Å²) in [5.41, 5.74) is 0.885. The Balaban J connectivity index is 2.07. The van der Waals surface area contributed by atoms with Crippen LogP contribution in [0.2, 0.25) is 5.02 Å². The van der Waals surface area contributed by atoms with E-state index >= 15 is 0 Å². The third-order valence-electron chi connectivity index (χ3n) is 3.53. The molecule has 2 amide bonds. The van der Waals surface area contributed by atoms with Crippen LogP contribution in [0.4, 0.5) is 10.2 Å². The quantitative estimate of drug-likeness (QED) is 0.807. The fourth-order valence-corrected chi connectivity index (χ4v) is 2.68. The molecule has 5 nitrogen and oxygen atoms in total. The van der Waals surface area contributed by atoms with Crippen LogP contribution in [0.25, 0.3) is 0 Å². The van der Waals surface area contributed by atoms with Gasteiger partial charge in [0.1, 0.15) is 0 Å². The number of carbonyl (C=O) groups is 2. The molecule has 104 valence electrons. The molecule has 1 aliphatic carbocycles. The van der Waals surface area contributed by atoms with Gasteiger partial charge in [-0.2, -0.15) is 0 Å². The van der Waals surface area contributed by atoms with Crippen molar-refractivity contribution >= 4 is 29.2 Å². The molecule has 1 N–H and O–H groups in total. The van der Waals surface area contributed by atoms with Crippen LogP contribution in [-0.4, -0.2) is 21.9 Å². The molecule has 0 unspecified atom stereocenters. The Morgan fingerprint density at radius 3 is 2.30 bits per heavy atom. The maximum Gasteiger partial charge on any atom is 0.263 e. The van der Waals surface area contributed by atoms with E-state index in [1.807, 2.05) is 0 Å². The lowest BCUT2D eigenvalue weighted by atomic mass is 9.93. The summed E-state index contributed by atoms with van der Waals surface area (Å²) in [6, 6.07) is 0. The van der Waals surface area contributed by atoms with Crippen molar-refractivity contribution in [1.82, 2.24) is 4.98 Å². The van der Waals surface area contributed by atoms with Crippen molar-refractivity contribution in [3.05, 3.63) is 28.2 Å². The molecular formula is C13H10ClFN2O3. The number of hydrogen-bond acceptors (Lipinski definition) is 4. The largest absolute Gasteiger partial charge is 0.502 e. The smallest absolute Gasteiger partial charge is 0.263 e. The molecule has 0 atom stereocenters. The number of imide groups is 1. The minimum absolute atomic E-state index is 0.372. The average molecular weight is 297 g/mol. The van der Waals surface area contributed by atoms with E-state index in [-0.39, 0.29) is 5.02 Å². The molecular weight excluding hydrogens is 287 g/mol. The minimum atomic E-state index is -1.10. The first kappa shape index (κ1) is 13.1. The van der Waals surface area contributed by atoms with E-state index < -0.39 is 29.2 Å². The molecule has 2 aliphatic rings.